The minimum absolute atomic E-state index is 0.0752. The summed E-state index contributed by atoms with van der Waals surface area (Å²) in [5.74, 6) is 2.30. The molecule has 0 aliphatic carbocycles. The summed E-state index contributed by atoms with van der Waals surface area (Å²) < 4.78 is 2.45. The van der Waals surface area contributed by atoms with Crippen molar-refractivity contribution in [1.29, 1.82) is 0 Å². The Labute approximate surface area is 115 Å². The third kappa shape index (κ3) is 3.76. The molecule has 1 aromatic rings. The summed E-state index contributed by atoms with van der Waals surface area (Å²) in [4.78, 5) is 16.1. The maximum Gasteiger partial charge on any atom is 0.266 e. The lowest BCUT2D eigenvalue weighted by molar-refractivity contribution is 0.457. The van der Waals surface area contributed by atoms with Gasteiger partial charge in [0.1, 0.15) is 5.82 Å². The normalized spacial score (nSPS) is 12.8. The van der Waals surface area contributed by atoms with Crippen LogP contribution in [0.5, 0.6) is 0 Å². The Balaban J connectivity index is 2.74. The first-order chi connectivity index (χ1) is 7.56. The van der Waals surface area contributed by atoms with Crippen molar-refractivity contribution in [3.05, 3.63) is 25.9 Å². The van der Waals surface area contributed by atoms with Gasteiger partial charge in [-0.1, -0.05) is 6.92 Å². The van der Waals surface area contributed by atoms with Gasteiger partial charge in [-0.3, -0.25) is 9.36 Å². The molecule has 0 saturated carbocycles. The highest BCUT2D eigenvalue weighted by Gasteiger charge is 2.07. The quantitative estimate of drug-likeness (QED) is 0.653. The van der Waals surface area contributed by atoms with Gasteiger partial charge in [0.15, 0.2) is 0 Å². The fourth-order valence-electron chi connectivity index (χ4n) is 1.53. The monoisotopic (exact) mass is 352 g/mol. The van der Waals surface area contributed by atoms with Crippen molar-refractivity contribution in [1.82, 2.24) is 9.55 Å². The zero-order valence-corrected chi connectivity index (χ0v) is 12.7. The van der Waals surface area contributed by atoms with Crippen molar-refractivity contribution in [2.45, 2.75) is 33.2 Å². The van der Waals surface area contributed by atoms with Crippen molar-refractivity contribution in [3.8, 4) is 0 Å². The predicted molar refractivity (Wildman–Crippen MR) is 78.2 cm³/mol. The van der Waals surface area contributed by atoms with Gasteiger partial charge in [0.05, 0.1) is 3.57 Å². The maximum absolute atomic E-state index is 11.9. The molecule has 1 rings (SSSR count). The number of halogens is 1. The molecular formula is C11H17IN2OS. The number of hydrogen-bond acceptors (Lipinski definition) is 3. The molecule has 3 nitrogen and oxygen atoms in total. The Kier molecular flexibility index (Phi) is 5.82. The Morgan fingerprint density at radius 2 is 2.25 bits per heavy atom. The topological polar surface area (TPSA) is 34.9 Å². The molecule has 0 amide bonds. The zero-order chi connectivity index (χ0) is 12.1. The van der Waals surface area contributed by atoms with Gasteiger partial charge in [-0.2, -0.15) is 12.6 Å². The Bertz CT molecular complexity index is 405. The number of hydrogen-bond donors (Lipinski definition) is 1. The van der Waals surface area contributed by atoms with E-state index in [1.165, 1.54) is 0 Å². The third-order valence-corrected chi connectivity index (χ3v) is 3.67. The Hall–Kier alpha value is -0.0400. The predicted octanol–water partition coefficient (Wildman–Crippen LogP) is 2.50. The van der Waals surface area contributed by atoms with Gasteiger partial charge in [-0.05, 0) is 54.0 Å². The van der Waals surface area contributed by atoms with E-state index < -0.39 is 0 Å². The minimum Gasteiger partial charge on any atom is -0.296 e. The van der Waals surface area contributed by atoms with Gasteiger partial charge in [0, 0.05) is 12.7 Å². The van der Waals surface area contributed by atoms with Gasteiger partial charge in [0.25, 0.3) is 5.56 Å². The highest BCUT2D eigenvalue weighted by Crippen LogP contribution is 2.10. The van der Waals surface area contributed by atoms with Gasteiger partial charge in [-0.15, -0.1) is 0 Å². The molecule has 1 unspecified atom stereocenters. The van der Waals surface area contributed by atoms with E-state index in [0.29, 0.717) is 9.49 Å². The summed E-state index contributed by atoms with van der Waals surface area (Å²) in [6.45, 7) is 4.82. The molecule has 0 N–H and O–H groups in total. The van der Waals surface area contributed by atoms with Crippen molar-refractivity contribution in [2.24, 2.45) is 5.92 Å². The van der Waals surface area contributed by atoms with Crippen LogP contribution in [0.3, 0.4) is 0 Å². The summed E-state index contributed by atoms with van der Waals surface area (Å²) in [6, 6.07) is 0. The number of aryl methyl sites for hydroxylation is 1. The van der Waals surface area contributed by atoms with E-state index in [1.54, 1.807) is 10.8 Å². The summed E-state index contributed by atoms with van der Waals surface area (Å²) in [6.07, 6.45) is 3.73. The largest absolute Gasteiger partial charge is 0.296 e. The summed E-state index contributed by atoms with van der Waals surface area (Å²) in [5, 5.41) is 0. The van der Waals surface area contributed by atoms with Crippen LogP contribution in [0.4, 0.5) is 0 Å². The van der Waals surface area contributed by atoms with Crippen LogP contribution >= 0.6 is 35.2 Å². The third-order valence-electron chi connectivity index (χ3n) is 2.67. The lowest BCUT2D eigenvalue weighted by Crippen LogP contribution is -2.26. The van der Waals surface area contributed by atoms with Crippen molar-refractivity contribution < 1.29 is 0 Å². The van der Waals surface area contributed by atoms with Crippen LogP contribution in [-0.2, 0) is 6.54 Å². The molecule has 90 valence electrons. The zero-order valence-electron chi connectivity index (χ0n) is 9.61. The molecule has 5 heteroatoms. The van der Waals surface area contributed by atoms with Crippen LogP contribution in [0, 0.1) is 16.4 Å². The van der Waals surface area contributed by atoms with E-state index >= 15 is 0 Å². The van der Waals surface area contributed by atoms with Crippen LogP contribution in [0.2, 0.25) is 0 Å². The first-order valence-corrected chi connectivity index (χ1v) is 7.10. The second-order valence-electron chi connectivity index (χ2n) is 4.02. The molecule has 0 saturated heterocycles. The fourth-order valence-corrected chi connectivity index (χ4v) is 2.40. The Morgan fingerprint density at radius 3 is 2.88 bits per heavy atom. The van der Waals surface area contributed by atoms with Crippen molar-refractivity contribution in [3.63, 3.8) is 0 Å². The van der Waals surface area contributed by atoms with Gasteiger partial charge >= 0.3 is 0 Å². The van der Waals surface area contributed by atoms with E-state index in [-0.39, 0.29) is 5.56 Å². The molecule has 1 atom stereocenters. The second kappa shape index (κ2) is 6.64. The van der Waals surface area contributed by atoms with Crippen molar-refractivity contribution in [2.75, 3.05) is 5.75 Å². The van der Waals surface area contributed by atoms with Crippen LogP contribution in [-0.4, -0.2) is 15.3 Å². The summed E-state index contributed by atoms with van der Waals surface area (Å²) in [5.41, 5.74) is 0.0752. The standard InChI is InChI=1S/C11H17IN2OS/c1-8(4-6-16)3-5-14-9(2)13-7-10(12)11(14)15/h7-8,16H,3-6H2,1-2H3. The smallest absolute Gasteiger partial charge is 0.266 e. The van der Waals surface area contributed by atoms with E-state index in [4.69, 9.17) is 0 Å². The van der Waals surface area contributed by atoms with Crippen molar-refractivity contribution >= 4 is 35.2 Å². The Morgan fingerprint density at radius 1 is 1.56 bits per heavy atom. The van der Waals surface area contributed by atoms with E-state index in [2.05, 4.69) is 24.5 Å². The molecule has 1 aromatic heterocycles. The SMILES string of the molecule is Cc1ncc(I)c(=O)n1CCC(C)CCS. The average molecular weight is 352 g/mol. The summed E-state index contributed by atoms with van der Waals surface area (Å²) >= 11 is 6.25. The molecule has 0 fully saturated rings. The molecule has 0 aliphatic heterocycles. The molecule has 0 aromatic carbocycles. The lowest BCUT2D eigenvalue weighted by atomic mass is 10.1. The van der Waals surface area contributed by atoms with Crippen LogP contribution in [0.15, 0.2) is 11.0 Å². The summed E-state index contributed by atoms with van der Waals surface area (Å²) in [7, 11) is 0. The number of aromatic nitrogens is 2. The molecule has 0 spiro atoms. The van der Waals surface area contributed by atoms with Crippen LogP contribution in [0.1, 0.15) is 25.6 Å². The molecule has 16 heavy (non-hydrogen) atoms. The van der Waals surface area contributed by atoms with E-state index in [1.807, 2.05) is 29.5 Å². The van der Waals surface area contributed by atoms with Gasteiger partial charge in [-0.25, -0.2) is 4.98 Å². The maximum atomic E-state index is 11.9. The van der Waals surface area contributed by atoms with Gasteiger partial charge < -0.3 is 0 Å². The van der Waals surface area contributed by atoms with E-state index in [9.17, 15) is 4.79 Å². The molecule has 0 bridgehead atoms. The number of rotatable bonds is 5. The minimum atomic E-state index is 0.0752. The van der Waals surface area contributed by atoms with Gasteiger partial charge in [0.2, 0.25) is 0 Å². The van der Waals surface area contributed by atoms with E-state index in [0.717, 1.165) is 31.0 Å². The highest BCUT2D eigenvalue weighted by atomic mass is 127. The van der Waals surface area contributed by atoms with Crippen LogP contribution in [0.25, 0.3) is 0 Å². The molecule has 0 radical (unpaired) electrons. The van der Waals surface area contributed by atoms with Crippen LogP contribution < -0.4 is 5.56 Å². The molecule has 0 aliphatic rings. The highest BCUT2D eigenvalue weighted by molar-refractivity contribution is 14.1. The second-order valence-corrected chi connectivity index (χ2v) is 5.63. The number of nitrogens with zero attached hydrogens (tertiary/aromatic N) is 2. The lowest BCUT2D eigenvalue weighted by Gasteiger charge is -2.13. The number of thiol groups is 1. The molecular weight excluding hydrogens is 335 g/mol. The molecule has 1 heterocycles. The first-order valence-electron chi connectivity index (χ1n) is 5.39. The fraction of sp³-hybridized carbons (Fsp3) is 0.636. The average Bonchev–Trinajstić information content (AvgIpc) is 2.24. The first kappa shape index (κ1) is 14.0.